The quantitative estimate of drug-likeness (QED) is 0.793. The summed E-state index contributed by atoms with van der Waals surface area (Å²) in [6, 6.07) is 14.2. The molecule has 1 saturated carbocycles. The molecule has 124 valence electrons. The molecule has 1 aliphatic rings. The second-order valence-corrected chi connectivity index (χ2v) is 6.39. The Hall–Kier alpha value is -2.53. The lowest BCUT2D eigenvalue weighted by molar-refractivity contribution is -0.149. The van der Waals surface area contributed by atoms with E-state index < -0.39 is 23.5 Å². The predicted molar refractivity (Wildman–Crippen MR) is 91.9 cm³/mol. The van der Waals surface area contributed by atoms with Gasteiger partial charge < -0.3 is 16.2 Å². The fourth-order valence-corrected chi connectivity index (χ4v) is 3.56. The Labute approximate surface area is 144 Å². The zero-order valence-electron chi connectivity index (χ0n) is 12.8. The van der Waals surface area contributed by atoms with Gasteiger partial charge in [-0.1, -0.05) is 48.0 Å². The largest absolute Gasteiger partial charge is 0.479 e. The van der Waals surface area contributed by atoms with Gasteiger partial charge in [0, 0.05) is 10.9 Å². The lowest BCUT2D eigenvalue weighted by atomic mass is 9.62. The van der Waals surface area contributed by atoms with Crippen LogP contribution in [0.25, 0.3) is 11.1 Å². The zero-order chi connectivity index (χ0) is 17.3. The van der Waals surface area contributed by atoms with E-state index in [0.717, 1.165) is 16.7 Å². The number of carboxylic acids is 1. The fraction of sp³-hybridized carbons (Fsp3) is 0.222. The van der Waals surface area contributed by atoms with Gasteiger partial charge in [-0.3, -0.25) is 0 Å². The van der Waals surface area contributed by atoms with Crippen molar-refractivity contribution in [3.8, 4) is 11.1 Å². The van der Waals surface area contributed by atoms with Gasteiger partial charge in [0.1, 0.15) is 5.54 Å². The first kappa shape index (κ1) is 16.3. The van der Waals surface area contributed by atoms with Gasteiger partial charge in [-0.05, 0) is 41.7 Å². The summed E-state index contributed by atoms with van der Waals surface area (Å²) in [4.78, 5) is 23.2. The van der Waals surface area contributed by atoms with Gasteiger partial charge in [0.25, 0.3) is 0 Å². The van der Waals surface area contributed by atoms with E-state index in [1.54, 1.807) is 12.1 Å². The van der Waals surface area contributed by atoms with E-state index in [4.69, 9.17) is 17.3 Å². The van der Waals surface area contributed by atoms with Crippen LogP contribution in [0, 0.1) is 0 Å². The molecule has 0 saturated heterocycles. The maximum atomic E-state index is 11.9. The first-order valence-corrected chi connectivity index (χ1v) is 7.98. The number of rotatable bonds is 4. The van der Waals surface area contributed by atoms with Gasteiger partial charge in [0.15, 0.2) is 0 Å². The fourth-order valence-electron chi connectivity index (χ4n) is 3.38. The van der Waals surface area contributed by atoms with Crippen molar-refractivity contribution in [2.75, 3.05) is 0 Å². The van der Waals surface area contributed by atoms with Crippen LogP contribution in [0.4, 0.5) is 4.79 Å². The van der Waals surface area contributed by atoms with Crippen molar-refractivity contribution in [3.63, 3.8) is 0 Å². The minimum atomic E-state index is -1.39. The molecule has 0 aromatic heterocycles. The molecule has 0 radical (unpaired) electrons. The topological polar surface area (TPSA) is 92.4 Å². The van der Waals surface area contributed by atoms with Crippen molar-refractivity contribution in [2.45, 2.75) is 24.3 Å². The predicted octanol–water partition coefficient (Wildman–Crippen LogP) is 3.38. The van der Waals surface area contributed by atoms with E-state index in [2.05, 4.69) is 5.32 Å². The molecule has 0 heterocycles. The number of amides is 2. The van der Waals surface area contributed by atoms with Crippen LogP contribution in [0.1, 0.15) is 24.3 Å². The number of hydrogen-bond donors (Lipinski definition) is 3. The summed E-state index contributed by atoms with van der Waals surface area (Å²) >= 11 is 6.15. The number of urea groups is 1. The molecule has 2 aromatic rings. The Morgan fingerprint density at radius 3 is 2.46 bits per heavy atom. The minimum Gasteiger partial charge on any atom is -0.479 e. The number of carbonyl (C=O) groups is 2. The normalized spacial score (nSPS) is 22.5. The Balaban J connectivity index is 2.10. The smallest absolute Gasteiger partial charge is 0.330 e. The monoisotopic (exact) mass is 344 g/mol. The van der Waals surface area contributed by atoms with Crippen LogP contribution in [0.2, 0.25) is 5.02 Å². The van der Waals surface area contributed by atoms with Crippen molar-refractivity contribution >= 4 is 23.6 Å². The van der Waals surface area contributed by atoms with Crippen molar-refractivity contribution in [3.05, 3.63) is 59.1 Å². The van der Waals surface area contributed by atoms with Gasteiger partial charge >= 0.3 is 12.0 Å². The summed E-state index contributed by atoms with van der Waals surface area (Å²) in [5.74, 6) is -1.48. The third kappa shape index (κ3) is 2.71. The molecule has 1 aliphatic carbocycles. The molecule has 2 atom stereocenters. The van der Waals surface area contributed by atoms with E-state index in [1.807, 2.05) is 36.4 Å². The molecule has 5 nitrogen and oxygen atoms in total. The number of nitrogens with two attached hydrogens (primary N) is 1. The van der Waals surface area contributed by atoms with Crippen LogP contribution >= 0.6 is 11.6 Å². The molecule has 2 amide bonds. The highest BCUT2D eigenvalue weighted by Gasteiger charge is 2.55. The first-order valence-electron chi connectivity index (χ1n) is 7.60. The number of halogens is 1. The average molecular weight is 345 g/mol. The minimum absolute atomic E-state index is 0.330. The number of hydrogen-bond acceptors (Lipinski definition) is 2. The SMILES string of the molecule is NC(=O)NC1(C(=O)O)CCC1c1cc(Cl)ccc1-c1ccccc1. The van der Waals surface area contributed by atoms with Crippen LogP contribution < -0.4 is 11.1 Å². The first-order chi connectivity index (χ1) is 11.4. The number of nitrogens with one attached hydrogen (secondary N) is 1. The lowest BCUT2D eigenvalue weighted by Crippen LogP contribution is -2.64. The highest BCUT2D eigenvalue weighted by molar-refractivity contribution is 6.30. The number of benzene rings is 2. The molecular formula is C18H17ClN2O3. The highest BCUT2D eigenvalue weighted by atomic mass is 35.5. The number of carbonyl (C=O) groups excluding carboxylic acids is 1. The molecule has 0 aliphatic heterocycles. The van der Waals surface area contributed by atoms with Gasteiger partial charge in [-0.25, -0.2) is 9.59 Å². The maximum Gasteiger partial charge on any atom is 0.330 e. The molecular weight excluding hydrogens is 328 g/mol. The summed E-state index contributed by atoms with van der Waals surface area (Å²) in [5.41, 5.74) is 6.49. The molecule has 3 rings (SSSR count). The van der Waals surface area contributed by atoms with Gasteiger partial charge in [-0.2, -0.15) is 0 Å². The molecule has 24 heavy (non-hydrogen) atoms. The van der Waals surface area contributed by atoms with Crippen LogP contribution in [0.15, 0.2) is 48.5 Å². The van der Waals surface area contributed by atoms with Crippen LogP contribution in [0.5, 0.6) is 0 Å². The van der Waals surface area contributed by atoms with E-state index in [-0.39, 0.29) is 0 Å². The number of carboxylic acid groups (broad SMARTS) is 1. The van der Waals surface area contributed by atoms with Gasteiger partial charge in [0.05, 0.1) is 0 Å². The Morgan fingerprint density at radius 1 is 1.21 bits per heavy atom. The summed E-state index contributed by atoms with van der Waals surface area (Å²) < 4.78 is 0. The summed E-state index contributed by atoms with van der Waals surface area (Å²) in [6.07, 6.45) is 0.962. The molecule has 2 aromatic carbocycles. The third-order valence-corrected chi connectivity index (χ3v) is 4.86. The summed E-state index contributed by atoms with van der Waals surface area (Å²) in [5, 5.41) is 12.7. The van der Waals surface area contributed by atoms with Crippen LogP contribution in [0.3, 0.4) is 0 Å². The number of primary amides is 1. The summed E-state index contributed by atoms with van der Waals surface area (Å²) in [7, 11) is 0. The highest BCUT2D eigenvalue weighted by Crippen LogP contribution is 2.49. The lowest BCUT2D eigenvalue weighted by Gasteiger charge is -2.47. The van der Waals surface area contributed by atoms with Gasteiger partial charge in [-0.15, -0.1) is 0 Å². The molecule has 1 fully saturated rings. The van der Waals surface area contributed by atoms with Crippen molar-refractivity contribution in [1.29, 1.82) is 0 Å². The Morgan fingerprint density at radius 2 is 1.92 bits per heavy atom. The van der Waals surface area contributed by atoms with E-state index in [0.29, 0.717) is 17.9 Å². The molecule has 0 bridgehead atoms. The molecule has 6 heteroatoms. The van der Waals surface area contributed by atoms with Gasteiger partial charge in [0.2, 0.25) is 0 Å². The zero-order valence-corrected chi connectivity index (χ0v) is 13.6. The van der Waals surface area contributed by atoms with Crippen molar-refractivity contribution in [2.24, 2.45) is 5.73 Å². The van der Waals surface area contributed by atoms with Crippen molar-refractivity contribution in [1.82, 2.24) is 5.32 Å². The number of aliphatic carboxylic acids is 1. The maximum absolute atomic E-state index is 11.9. The van der Waals surface area contributed by atoms with E-state index in [1.165, 1.54) is 0 Å². The standard InChI is InChI=1S/C18H17ClN2O3/c19-12-6-7-13(11-4-2-1-3-5-11)14(10-12)15-8-9-18(15,16(22)23)21-17(20)24/h1-7,10,15H,8-9H2,(H,22,23)(H3,20,21,24). The van der Waals surface area contributed by atoms with Crippen LogP contribution in [-0.4, -0.2) is 22.6 Å². The Bertz CT molecular complexity index is 794. The van der Waals surface area contributed by atoms with Crippen LogP contribution in [-0.2, 0) is 4.79 Å². The summed E-state index contributed by atoms with van der Waals surface area (Å²) in [6.45, 7) is 0. The molecule has 2 unspecified atom stereocenters. The van der Waals surface area contributed by atoms with E-state index >= 15 is 0 Å². The molecule has 0 spiro atoms. The third-order valence-electron chi connectivity index (χ3n) is 4.62. The average Bonchev–Trinajstić information content (AvgIpc) is 2.52. The second kappa shape index (κ2) is 6.17. The van der Waals surface area contributed by atoms with E-state index in [9.17, 15) is 14.7 Å². The van der Waals surface area contributed by atoms with Crippen molar-refractivity contribution < 1.29 is 14.7 Å². The molecule has 4 N–H and O–H groups in total. The second-order valence-electron chi connectivity index (χ2n) is 5.95. The Kier molecular flexibility index (Phi) is 4.20.